The van der Waals surface area contributed by atoms with Crippen molar-refractivity contribution >= 4 is 17.7 Å². The Bertz CT molecular complexity index is 595. The van der Waals surface area contributed by atoms with Gasteiger partial charge >= 0.3 is 6.09 Å². The number of piperidine rings is 1. The Morgan fingerprint density at radius 2 is 1.88 bits per heavy atom. The molecule has 1 aromatic carbocycles. The van der Waals surface area contributed by atoms with E-state index in [-0.39, 0.29) is 23.7 Å². The molecule has 0 bridgehead atoms. The number of likely N-dealkylation sites (tertiary alicyclic amines) is 1. The highest BCUT2D eigenvalue weighted by Gasteiger charge is 2.32. The minimum atomic E-state index is -0.557. The zero-order valence-electron chi connectivity index (χ0n) is 14.7. The fraction of sp³-hybridized carbons (Fsp3) is 0.556. The molecule has 1 atom stereocenters. The summed E-state index contributed by atoms with van der Waals surface area (Å²) in [6.45, 7) is 6.40. The maximum atomic E-state index is 13.0. The second-order valence-corrected chi connectivity index (χ2v) is 7.14. The molecule has 0 aromatic heterocycles. The third kappa shape index (κ3) is 4.69. The first-order valence-electron chi connectivity index (χ1n) is 8.18. The molecule has 0 unspecified atom stereocenters. The van der Waals surface area contributed by atoms with Crippen LogP contribution in [0.25, 0.3) is 0 Å². The van der Waals surface area contributed by atoms with Crippen LogP contribution in [0.5, 0.6) is 0 Å². The lowest BCUT2D eigenvalue weighted by molar-refractivity contribution is -0.123. The van der Waals surface area contributed by atoms with Gasteiger partial charge in [0, 0.05) is 25.8 Å². The number of anilines is 1. The van der Waals surface area contributed by atoms with Gasteiger partial charge in [-0.25, -0.2) is 9.18 Å². The molecule has 1 fully saturated rings. The topological polar surface area (TPSA) is 49.9 Å². The summed E-state index contributed by atoms with van der Waals surface area (Å²) in [5, 5.41) is 0. The molecule has 2 amide bonds. The average molecular weight is 336 g/mol. The van der Waals surface area contributed by atoms with Crippen LogP contribution < -0.4 is 4.90 Å². The van der Waals surface area contributed by atoms with Crippen molar-refractivity contribution in [2.75, 3.05) is 25.0 Å². The van der Waals surface area contributed by atoms with E-state index in [1.807, 2.05) is 20.8 Å². The number of amides is 2. The summed E-state index contributed by atoms with van der Waals surface area (Å²) in [5.41, 5.74) is 0.0784. The monoisotopic (exact) mass is 336 g/mol. The SMILES string of the molecule is CN(C(=O)[C@H]1CCCN(C(=O)OC(C)(C)C)C1)c1ccc(F)cc1. The van der Waals surface area contributed by atoms with Crippen molar-refractivity contribution in [3.05, 3.63) is 30.1 Å². The third-order valence-electron chi connectivity index (χ3n) is 3.97. The lowest BCUT2D eigenvalue weighted by atomic mass is 9.96. The van der Waals surface area contributed by atoms with Crippen molar-refractivity contribution in [2.45, 2.75) is 39.2 Å². The number of benzene rings is 1. The summed E-state index contributed by atoms with van der Waals surface area (Å²) in [4.78, 5) is 28.0. The van der Waals surface area contributed by atoms with Gasteiger partial charge in [-0.3, -0.25) is 4.79 Å². The van der Waals surface area contributed by atoms with Gasteiger partial charge in [0.15, 0.2) is 0 Å². The van der Waals surface area contributed by atoms with Gasteiger partial charge in [-0.2, -0.15) is 0 Å². The Labute approximate surface area is 142 Å². The molecule has 0 radical (unpaired) electrons. The Morgan fingerprint density at radius 1 is 1.25 bits per heavy atom. The zero-order valence-corrected chi connectivity index (χ0v) is 14.7. The van der Waals surface area contributed by atoms with Gasteiger partial charge in [0.2, 0.25) is 5.91 Å². The predicted molar refractivity (Wildman–Crippen MR) is 90.3 cm³/mol. The second kappa shape index (κ2) is 7.20. The van der Waals surface area contributed by atoms with Crippen LogP contribution in [0.15, 0.2) is 24.3 Å². The summed E-state index contributed by atoms with van der Waals surface area (Å²) in [6, 6.07) is 5.79. The Kier molecular flexibility index (Phi) is 5.47. The number of hydrogen-bond acceptors (Lipinski definition) is 3. The van der Waals surface area contributed by atoms with Crippen LogP contribution in [0, 0.1) is 11.7 Å². The van der Waals surface area contributed by atoms with Gasteiger partial charge in [-0.1, -0.05) is 0 Å². The minimum Gasteiger partial charge on any atom is -0.444 e. The Balaban J connectivity index is 2.01. The largest absolute Gasteiger partial charge is 0.444 e. The Morgan fingerprint density at radius 3 is 2.46 bits per heavy atom. The number of hydrogen-bond donors (Lipinski definition) is 0. The van der Waals surface area contributed by atoms with E-state index in [4.69, 9.17) is 4.74 Å². The maximum Gasteiger partial charge on any atom is 0.410 e. The van der Waals surface area contributed by atoms with Crippen molar-refractivity contribution in [2.24, 2.45) is 5.92 Å². The molecular formula is C18H25FN2O3. The van der Waals surface area contributed by atoms with Gasteiger partial charge in [0.25, 0.3) is 0 Å². The van der Waals surface area contributed by atoms with Crippen molar-refractivity contribution < 1.29 is 18.7 Å². The van der Waals surface area contributed by atoms with Crippen molar-refractivity contribution in [1.29, 1.82) is 0 Å². The van der Waals surface area contributed by atoms with E-state index in [0.717, 1.165) is 12.8 Å². The molecule has 0 N–H and O–H groups in total. The van der Waals surface area contributed by atoms with E-state index in [1.165, 1.54) is 17.0 Å². The number of halogens is 1. The number of ether oxygens (including phenoxy) is 1. The lowest BCUT2D eigenvalue weighted by Crippen LogP contribution is -2.47. The van der Waals surface area contributed by atoms with E-state index in [9.17, 15) is 14.0 Å². The average Bonchev–Trinajstić information content (AvgIpc) is 2.53. The zero-order chi connectivity index (χ0) is 17.9. The lowest BCUT2D eigenvalue weighted by Gasteiger charge is -2.35. The molecule has 6 heteroatoms. The normalized spacial score (nSPS) is 18.2. The van der Waals surface area contributed by atoms with Gasteiger partial charge in [0.1, 0.15) is 11.4 Å². The molecule has 5 nitrogen and oxygen atoms in total. The summed E-state index contributed by atoms with van der Waals surface area (Å²) >= 11 is 0. The molecule has 24 heavy (non-hydrogen) atoms. The number of nitrogens with zero attached hydrogens (tertiary/aromatic N) is 2. The molecular weight excluding hydrogens is 311 g/mol. The number of carbonyl (C=O) groups excluding carboxylic acids is 2. The maximum absolute atomic E-state index is 13.0. The summed E-state index contributed by atoms with van der Waals surface area (Å²) in [6.07, 6.45) is 1.10. The summed E-state index contributed by atoms with van der Waals surface area (Å²) in [5.74, 6) is -0.690. The molecule has 1 aliphatic rings. The van der Waals surface area contributed by atoms with E-state index in [0.29, 0.717) is 18.8 Å². The molecule has 1 aromatic rings. The first-order chi connectivity index (χ1) is 11.2. The molecule has 0 saturated carbocycles. The standard InChI is InChI=1S/C18H25FN2O3/c1-18(2,3)24-17(23)21-11-5-6-13(12-21)16(22)20(4)15-9-7-14(19)8-10-15/h7-10,13H,5-6,11-12H2,1-4H3/t13-/m0/s1. The van der Waals surface area contributed by atoms with Crippen molar-refractivity contribution in [3.8, 4) is 0 Å². The van der Waals surface area contributed by atoms with Crippen LogP contribution in [-0.4, -0.2) is 42.6 Å². The highest BCUT2D eigenvalue weighted by atomic mass is 19.1. The molecule has 1 saturated heterocycles. The quantitative estimate of drug-likeness (QED) is 0.831. The molecule has 1 aliphatic heterocycles. The number of rotatable bonds is 2. The molecule has 0 spiro atoms. The molecule has 132 valence electrons. The van der Waals surface area contributed by atoms with Crippen LogP contribution >= 0.6 is 0 Å². The highest BCUT2D eigenvalue weighted by Crippen LogP contribution is 2.23. The van der Waals surface area contributed by atoms with Gasteiger partial charge in [-0.05, 0) is 57.9 Å². The fourth-order valence-electron chi connectivity index (χ4n) is 2.74. The van der Waals surface area contributed by atoms with Crippen molar-refractivity contribution in [3.63, 3.8) is 0 Å². The van der Waals surface area contributed by atoms with Crippen LogP contribution in [0.3, 0.4) is 0 Å². The molecule has 0 aliphatic carbocycles. The third-order valence-corrected chi connectivity index (χ3v) is 3.97. The van der Waals surface area contributed by atoms with Gasteiger partial charge in [-0.15, -0.1) is 0 Å². The van der Waals surface area contributed by atoms with E-state index in [2.05, 4.69) is 0 Å². The minimum absolute atomic E-state index is 0.0742. The first-order valence-corrected chi connectivity index (χ1v) is 8.18. The summed E-state index contributed by atoms with van der Waals surface area (Å²) < 4.78 is 18.4. The van der Waals surface area contributed by atoms with E-state index >= 15 is 0 Å². The Hall–Kier alpha value is -2.11. The molecule has 2 rings (SSSR count). The van der Waals surface area contributed by atoms with Gasteiger partial charge < -0.3 is 14.5 Å². The smallest absolute Gasteiger partial charge is 0.410 e. The van der Waals surface area contributed by atoms with Crippen molar-refractivity contribution in [1.82, 2.24) is 4.90 Å². The van der Waals surface area contributed by atoms with Gasteiger partial charge in [0.05, 0.1) is 5.92 Å². The first kappa shape index (κ1) is 18.2. The summed E-state index contributed by atoms with van der Waals surface area (Å²) in [7, 11) is 1.67. The predicted octanol–water partition coefficient (Wildman–Crippen LogP) is 3.44. The van der Waals surface area contributed by atoms with E-state index in [1.54, 1.807) is 24.1 Å². The van der Waals surface area contributed by atoms with Crippen LogP contribution in [0.4, 0.5) is 14.9 Å². The number of carbonyl (C=O) groups is 2. The highest BCUT2D eigenvalue weighted by molar-refractivity contribution is 5.95. The van der Waals surface area contributed by atoms with Crippen LogP contribution in [-0.2, 0) is 9.53 Å². The van der Waals surface area contributed by atoms with E-state index < -0.39 is 5.60 Å². The van der Waals surface area contributed by atoms with Crippen LogP contribution in [0.1, 0.15) is 33.6 Å². The van der Waals surface area contributed by atoms with Crippen LogP contribution in [0.2, 0.25) is 0 Å². The fourth-order valence-corrected chi connectivity index (χ4v) is 2.74. The second-order valence-electron chi connectivity index (χ2n) is 7.14. The molecule has 1 heterocycles.